The quantitative estimate of drug-likeness (QED) is 0.705. The summed E-state index contributed by atoms with van der Waals surface area (Å²) in [4.78, 5) is 5.51. The molecule has 0 aliphatic rings. The van der Waals surface area contributed by atoms with Gasteiger partial charge in [0.2, 0.25) is 0 Å². The fourth-order valence-corrected chi connectivity index (χ4v) is 2.92. The molecule has 0 fully saturated rings. The van der Waals surface area contributed by atoms with Gasteiger partial charge in [-0.3, -0.25) is 4.98 Å². The monoisotopic (exact) mass is 269 g/mol. The third kappa shape index (κ3) is 2.27. The number of hydrogen-bond donors (Lipinski definition) is 2. The highest BCUT2D eigenvalue weighted by Gasteiger charge is 2.09. The van der Waals surface area contributed by atoms with E-state index in [1.807, 2.05) is 24.4 Å². The van der Waals surface area contributed by atoms with Crippen molar-refractivity contribution in [1.29, 1.82) is 0 Å². The van der Waals surface area contributed by atoms with E-state index in [0.717, 1.165) is 22.1 Å². The van der Waals surface area contributed by atoms with Crippen LogP contribution in [0.3, 0.4) is 0 Å². The highest BCUT2D eigenvalue weighted by molar-refractivity contribution is 7.10. The van der Waals surface area contributed by atoms with Crippen molar-refractivity contribution in [3.63, 3.8) is 0 Å². The Bertz CT molecular complexity index is 692. The van der Waals surface area contributed by atoms with Gasteiger partial charge in [-0.05, 0) is 36.6 Å². The van der Waals surface area contributed by atoms with Gasteiger partial charge in [0.05, 0.1) is 6.04 Å². The van der Waals surface area contributed by atoms with Crippen LogP contribution in [0.2, 0.25) is 0 Å². The minimum absolute atomic E-state index is 0.270. The first-order chi connectivity index (χ1) is 9.25. The fourth-order valence-electron chi connectivity index (χ4n) is 2.18. The van der Waals surface area contributed by atoms with Gasteiger partial charge in [0.15, 0.2) is 0 Å². The molecule has 0 aliphatic carbocycles. The number of rotatable bonds is 3. The Morgan fingerprint density at radius 1 is 1.21 bits per heavy atom. The Morgan fingerprint density at radius 3 is 2.89 bits per heavy atom. The molecule has 3 N–H and O–H groups in total. The van der Waals surface area contributed by atoms with Gasteiger partial charge >= 0.3 is 0 Å². The minimum Gasteiger partial charge on any atom is -0.398 e. The lowest BCUT2D eigenvalue weighted by Gasteiger charge is -2.16. The molecule has 0 aliphatic heterocycles. The van der Waals surface area contributed by atoms with Crippen molar-refractivity contribution in [2.75, 3.05) is 11.1 Å². The third-order valence-corrected chi connectivity index (χ3v) is 4.25. The molecule has 1 aromatic carbocycles. The van der Waals surface area contributed by atoms with Crippen molar-refractivity contribution in [1.82, 2.24) is 4.98 Å². The lowest BCUT2D eigenvalue weighted by atomic mass is 10.1. The second kappa shape index (κ2) is 4.90. The summed E-state index contributed by atoms with van der Waals surface area (Å²) in [5.41, 5.74) is 7.85. The second-order valence-corrected chi connectivity index (χ2v) is 5.48. The van der Waals surface area contributed by atoms with Gasteiger partial charge in [-0.25, -0.2) is 0 Å². The molecular formula is C15H15N3S. The van der Waals surface area contributed by atoms with Crippen molar-refractivity contribution in [3.8, 4) is 0 Å². The van der Waals surface area contributed by atoms with Gasteiger partial charge in [-0.2, -0.15) is 0 Å². The van der Waals surface area contributed by atoms with Crippen LogP contribution in [0.1, 0.15) is 17.8 Å². The van der Waals surface area contributed by atoms with Crippen LogP contribution in [-0.2, 0) is 0 Å². The first kappa shape index (κ1) is 12.0. The van der Waals surface area contributed by atoms with Crippen molar-refractivity contribution < 1.29 is 0 Å². The molecular weight excluding hydrogens is 254 g/mol. The van der Waals surface area contributed by atoms with E-state index in [9.17, 15) is 0 Å². The number of fused-ring (bicyclic) bond motifs is 1. The Morgan fingerprint density at radius 2 is 2.11 bits per heavy atom. The van der Waals surface area contributed by atoms with Crippen LogP contribution < -0.4 is 11.1 Å². The van der Waals surface area contributed by atoms with Gasteiger partial charge in [-0.15, -0.1) is 11.3 Å². The fraction of sp³-hybridized carbons (Fsp3) is 0.133. The van der Waals surface area contributed by atoms with E-state index in [4.69, 9.17) is 5.73 Å². The second-order valence-electron chi connectivity index (χ2n) is 4.51. The molecule has 0 saturated heterocycles. The maximum atomic E-state index is 6.00. The number of nitrogens with one attached hydrogen (secondary N) is 1. The average molecular weight is 269 g/mol. The molecule has 0 bridgehead atoms. The molecule has 3 nitrogen and oxygen atoms in total. The SMILES string of the molecule is CC(Nc1ccc(N)c2ccncc12)c1cccs1. The zero-order valence-electron chi connectivity index (χ0n) is 10.6. The molecule has 96 valence electrons. The number of aromatic nitrogens is 1. The number of anilines is 2. The van der Waals surface area contributed by atoms with E-state index in [2.05, 4.69) is 34.7 Å². The predicted octanol–water partition coefficient (Wildman–Crippen LogP) is 4.05. The van der Waals surface area contributed by atoms with Gasteiger partial charge < -0.3 is 11.1 Å². The van der Waals surface area contributed by atoms with Crippen molar-refractivity contribution in [2.24, 2.45) is 0 Å². The molecule has 2 aromatic heterocycles. The molecule has 0 radical (unpaired) electrons. The number of thiophene rings is 1. The van der Waals surface area contributed by atoms with Crippen molar-refractivity contribution in [3.05, 3.63) is 53.0 Å². The highest BCUT2D eigenvalue weighted by atomic mass is 32.1. The molecule has 3 aromatic rings. The molecule has 1 unspecified atom stereocenters. The van der Waals surface area contributed by atoms with E-state index in [0.29, 0.717) is 0 Å². The smallest absolute Gasteiger partial charge is 0.0578 e. The molecule has 19 heavy (non-hydrogen) atoms. The van der Waals surface area contributed by atoms with Gasteiger partial charge in [-0.1, -0.05) is 6.07 Å². The normalized spacial score (nSPS) is 12.5. The third-order valence-electron chi connectivity index (χ3n) is 3.19. The summed E-state index contributed by atoms with van der Waals surface area (Å²) in [6.45, 7) is 2.16. The Kier molecular flexibility index (Phi) is 3.09. The molecule has 3 rings (SSSR count). The van der Waals surface area contributed by atoms with Gasteiger partial charge in [0, 0.05) is 39.4 Å². The summed E-state index contributed by atoms with van der Waals surface area (Å²) in [5.74, 6) is 0. The zero-order chi connectivity index (χ0) is 13.2. The molecule has 0 spiro atoms. The molecule has 0 amide bonds. The van der Waals surface area contributed by atoms with Crippen LogP contribution in [0, 0.1) is 0 Å². The maximum absolute atomic E-state index is 6.00. The van der Waals surface area contributed by atoms with Crippen LogP contribution in [0.4, 0.5) is 11.4 Å². The lowest BCUT2D eigenvalue weighted by molar-refractivity contribution is 0.910. The van der Waals surface area contributed by atoms with E-state index in [-0.39, 0.29) is 6.04 Å². The number of nitrogen functional groups attached to an aromatic ring is 1. The summed E-state index contributed by atoms with van der Waals surface area (Å²) in [6.07, 6.45) is 3.63. The standard InChI is InChI=1S/C15H15N3S/c1-10(15-3-2-8-19-15)18-14-5-4-13(16)11-6-7-17-9-12(11)14/h2-10,18H,16H2,1H3. The average Bonchev–Trinajstić information content (AvgIpc) is 2.96. The largest absolute Gasteiger partial charge is 0.398 e. The Labute approximate surface area is 116 Å². The van der Waals surface area contributed by atoms with E-state index >= 15 is 0 Å². The molecule has 4 heteroatoms. The van der Waals surface area contributed by atoms with Crippen molar-refractivity contribution in [2.45, 2.75) is 13.0 Å². The first-order valence-corrected chi connectivity index (χ1v) is 7.06. The molecule has 1 atom stereocenters. The number of nitrogens with zero attached hydrogens (tertiary/aromatic N) is 1. The van der Waals surface area contributed by atoms with Gasteiger partial charge in [0.1, 0.15) is 0 Å². The van der Waals surface area contributed by atoms with E-state index in [1.54, 1.807) is 17.5 Å². The number of pyridine rings is 1. The van der Waals surface area contributed by atoms with Crippen LogP contribution in [0.15, 0.2) is 48.1 Å². The van der Waals surface area contributed by atoms with E-state index in [1.165, 1.54) is 4.88 Å². The highest BCUT2D eigenvalue weighted by Crippen LogP contribution is 2.30. The van der Waals surface area contributed by atoms with Crippen LogP contribution in [0.5, 0.6) is 0 Å². The Hall–Kier alpha value is -2.07. The summed E-state index contributed by atoms with van der Waals surface area (Å²) in [7, 11) is 0. The topological polar surface area (TPSA) is 50.9 Å². The number of hydrogen-bond acceptors (Lipinski definition) is 4. The first-order valence-electron chi connectivity index (χ1n) is 6.18. The van der Waals surface area contributed by atoms with Crippen LogP contribution in [0.25, 0.3) is 10.8 Å². The summed E-state index contributed by atoms with van der Waals surface area (Å²) < 4.78 is 0. The zero-order valence-corrected chi connectivity index (χ0v) is 11.4. The Balaban J connectivity index is 2.00. The minimum atomic E-state index is 0.270. The summed E-state index contributed by atoms with van der Waals surface area (Å²) >= 11 is 1.76. The maximum Gasteiger partial charge on any atom is 0.0578 e. The van der Waals surface area contributed by atoms with Crippen molar-refractivity contribution >= 4 is 33.5 Å². The molecule has 0 saturated carbocycles. The van der Waals surface area contributed by atoms with E-state index < -0.39 is 0 Å². The number of benzene rings is 1. The lowest BCUT2D eigenvalue weighted by Crippen LogP contribution is -2.05. The summed E-state index contributed by atoms with van der Waals surface area (Å²) in [6, 6.07) is 10.4. The number of nitrogens with two attached hydrogens (primary N) is 1. The predicted molar refractivity (Wildman–Crippen MR) is 82.5 cm³/mol. The van der Waals surface area contributed by atoms with Crippen LogP contribution in [-0.4, -0.2) is 4.98 Å². The van der Waals surface area contributed by atoms with Gasteiger partial charge in [0.25, 0.3) is 0 Å². The van der Waals surface area contributed by atoms with Crippen LogP contribution >= 0.6 is 11.3 Å². The molecule has 2 heterocycles. The summed E-state index contributed by atoms with van der Waals surface area (Å²) in [5, 5.41) is 7.72.